The Kier molecular flexibility index (Phi) is 4.47. The van der Waals surface area contributed by atoms with Gasteiger partial charge in [0.1, 0.15) is 5.69 Å². The lowest BCUT2D eigenvalue weighted by molar-refractivity contribution is -0.384. The van der Waals surface area contributed by atoms with Crippen LogP contribution in [0.2, 0.25) is 0 Å². The number of piperidine rings is 3. The van der Waals surface area contributed by atoms with E-state index in [-0.39, 0.29) is 17.6 Å². The van der Waals surface area contributed by atoms with E-state index in [1.807, 2.05) is 23.7 Å². The highest BCUT2D eigenvalue weighted by Crippen LogP contribution is 2.32. The fourth-order valence-electron chi connectivity index (χ4n) is 4.55. The summed E-state index contributed by atoms with van der Waals surface area (Å²) >= 11 is 0. The number of nitro groups is 1. The van der Waals surface area contributed by atoms with Crippen LogP contribution in [0.5, 0.6) is 0 Å². The van der Waals surface area contributed by atoms with E-state index in [0.29, 0.717) is 17.7 Å². The number of hydrogen-bond acceptors (Lipinski definition) is 4. The van der Waals surface area contributed by atoms with Crippen molar-refractivity contribution in [2.75, 3.05) is 13.1 Å². The zero-order valence-corrected chi connectivity index (χ0v) is 15.6. The van der Waals surface area contributed by atoms with Crippen molar-refractivity contribution in [2.45, 2.75) is 31.8 Å². The summed E-state index contributed by atoms with van der Waals surface area (Å²) in [4.78, 5) is 25.8. The largest absolute Gasteiger partial charge is 0.346 e. The van der Waals surface area contributed by atoms with Gasteiger partial charge in [0.25, 0.3) is 11.6 Å². The van der Waals surface area contributed by atoms with Crippen molar-refractivity contribution in [2.24, 2.45) is 13.0 Å². The van der Waals surface area contributed by atoms with Crippen molar-refractivity contribution in [1.82, 2.24) is 14.8 Å². The summed E-state index contributed by atoms with van der Waals surface area (Å²) in [5, 5.41) is 14.1. The number of nitrogens with zero attached hydrogens (tertiary/aromatic N) is 3. The first-order valence-electron chi connectivity index (χ1n) is 9.41. The van der Waals surface area contributed by atoms with Gasteiger partial charge < -0.3 is 9.88 Å². The molecule has 0 unspecified atom stereocenters. The van der Waals surface area contributed by atoms with Crippen LogP contribution >= 0.6 is 0 Å². The van der Waals surface area contributed by atoms with Crippen LogP contribution in [0, 0.1) is 16.0 Å². The van der Waals surface area contributed by atoms with E-state index >= 15 is 0 Å². The fourth-order valence-corrected chi connectivity index (χ4v) is 4.55. The van der Waals surface area contributed by atoms with Gasteiger partial charge in [0.15, 0.2) is 0 Å². The first-order valence-corrected chi connectivity index (χ1v) is 9.41. The summed E-state index contributed by atoms with van der Waals surface area (Å²) < 4.78 is 1.85. The van der Waals surface area contributed by atoms with E-state index in [2.05, 4.69) is 17.1 Å². The third-order valence-electron chi connectivity index (χ3n) is 6.20. The molecule has 3 saturated heterocycles. The van der Waals surface area contributed by atoms with Crippen LogP contribution in [0.3, 0.4) is 0 Å². The van der Waals surface area contributed by atoms with Gasteiger partial charge in [-0.15, -0.1) is 0 Å². The van der Waals surface area contributed by atoms with Crippen molar-refractivity contribution in [1.29, 1.82) is 0 Å². The maximum atomic E-state index is 12.9. The third-order valence-corrected chi connectivity index (χ3v) is 6.20. The van der Waals surface area contributed by atoms with Gasteiger partial charge in [-0.05, 0) is 68.6 Å². The highest BCUT2D eigenvalue weighted by Gasteiger charge is 2.40. The lowest BCUT2D eigenvalue weighted by Gasteiger charge is -2.49. The number of fused-ring (bicyclic) bond motifs is 3. The highest BCUT2D eigenvalue weighted by molar-refractivity contribution is 5.94. The van der Waals surface area contributed by atoms with Gasteiger partial charge in [0.05, 0.1) is 4.92 Å². The summed E-state index contributed by atoms with van der Waals surface area (Å²) in [7, 11) is 1.85. The minimum absolute atomic E-state index is 0.0577. The smallest absolute Gasteiger partial charge is 0.269 e. The molecule has 2 aromatic rings. The fraction of sp³-hybridized carbons (Fsp3) is 0.450. The molecule has 7 nitrogen and oxygen atoms in total. The molecule has 2 bridgehead atoms. The topological polar surface area (TPSA) is 80.4 Å². The van der Waals surface area contributed by atoms with E-state index in [1.165, 1.54) is 12.1 Å². The summed E-state index contributed by atoms with van der Waals surface area (Å²) in [6.07, 6.45) is 2.30. The van der Waals surface area contributed by atoms with Crippen LogP contribution in [-0.2, 0) is 7.05 Å². The van der Waals surface area contributed by atoms with Crippen LogP contribution in [0.4, 0.5) is 5.69 Å². The van der Waals surface area contributed by atoms with Crippen LogP contribution in [-0.4, -0.2) is 45.5 Å². The van der Waals surface area contributed by atoms with E-state index in [0.717, 1.165) is 37.2 Å². The van der Waals surface area contributed by atoms with Gasteiger partial charge in [-0.1, -0.05) is 0 Å². The van der Waals surface area contributed by atoms with Crippen molar-refractivity contribution < 1.29 is 9.72 Å². The lowest BCUT2D eigenvalue weighted by atomic mass is 9.79. The minimum Gasteiger partial charge on any atom is -0.346 e. The molecule has 2 atom stereocenters. The Balaban J connectivity index is 1.53. The maximum absolute atomic E-state index is 12.9. The van der Waals surface area contributed by atoms with E-state index < -0.39 is 4.92 Å². The zero-order chi connectivity index (χ0) is 19.1. The lowest BCUT2D eigenvalue weighted by Crippen LogP contribution is -2.62. The molecule has 0 radical (unpaired) electrons. The Bertz CT molecular complexity index is 864. The Hall–Kier alpha value is -2.67. The van der Waals surface area contributed by atoms with Gasteiger partial charge in [0, 0.05) is 37.0 Å². The first-order chi connectivity index (χ1) is 13.0. The molecule has 1 N–H and O–H groups in total. The van der Waals surface area contributed by atoms with Crippen molar-refractivity contribution in [3.63, 3.8) is 0 Å². The first kappa shape index (κ1) is 17.7. The van der Waals surface area contributed by atoms with Crippen molar-refractivity contribution in [3.05, 3.63) is 52.2 Å². The second-order valence-corrected chi connectivity index (χ2v) is 7.58. The number of nitro benzene ring substituents is 1. The summed E-state index contributed by atoms with van der Waals surface area (Å²) in [6, 6.07) is 10.7. The average Bonchev–Trinajstić information content (AvgIpc) is 3.06. The summed E-state index contributed by atoms with van der Waals surface area (Å²) in [6.45, 7) is 4.46. The quantitative estimate of drug-likeness (QED) is 0.665. The molecule has 1 aromatic heterocycles. The third kappa shape index (κ3) is 3.12. The number of nitrogens with one attached hydrogen (secondary N) is 1. The van der Waals surface area contributed by atoms with E-state index in [4.69, 9.17) is 0 Å². The Labute approximate surface area is 158 Å². The van der Waals surface area contributed by atoms with Crippen LogP contribution in [0.15, 0.2) is 36.4 Å². The molecule has 3 aliphatic heterocycles. The predicted molar refractivity (Wildman–Crippen MR) is 103 cm³/mol. The van der Waals surface area contributed by atoms with Gasteiger partial charge in [0.2, 0.25) is 0 Å². The highest BCUT2D eigenvalue weighted by atomic mass is 16.6. The molecule has 5 rings (SSSR count). The standard InChI is InChI=1S/C20H24N4O3/c1-13-19(15-9-11-23(13)12-10-15)21-20(25)18-8-7-17(22(18)2)14-3-5-16(6-4-14)24(26)27/h3-8,13,15,19H,9-12H2,1-2H3,(H,21,25)/t13-,19-/m0/s1. The SMILES string of the molecule is C[C@H]1[C@H](NC(=O)c2ccc(-c3ccc([N+](=O)[O-])cc3)n2C)C2CCN1CC2. The molecule has 27 heavy (non-hydrogen) atoms. The predicted octanol–water partition coefficient (Wildman–Crippen LogP) is 2.81. The monoisotopic (exact) mass is 368 g/mol. The summed E-state index contributed by atoms with van der Waals surface area (Å²) in [5.41, 5.74) is 2.37. The van der Waals surface area contributed by atoms with E-state index in [9.17, 15) is 14.9 Å². The van der Waals surface area contributed by atoms with Gasteiger partial charge in [-0.2, -0.15) is 0 Å². The molecular formula is C20H24N4O3. The second-order valence-electron chi connectivity index (χ2n) is 7.58. The average molecular weight is 368 g/mol. The number of non-ortho nitro benzene ring substituents is 1. The molecule has 7 heteroatoms. The number of hydrogen-bond donors (Lipinski definition) is 1. The molecule has 1 amide bonds. The van der Waals surface area contributed by atoms with Crippen LogP contribution in [0.1, 0.15) is 30.3 Å². The minimum atomic E-state index is -0.414. The number of carbonyl (C=O) groups excluding carboxylic acids is 1. The van der Waals surface area contributed by atoms with Gasteiger partial charge in [-0.25, -0.2) is 0 Å². The molecule has 0 aliphatic carbocycles. The number of amides is 1. The summed E-state index contributed by atoms with van der Waals surface area (Å²) in [5.74, 6) is 0.500. The van der Waals surface area contributed by atoms with Gasteiger partial charge in [-0.3, -0.25) is 19.8 Å². The maximum Gasteiger partial charge on any atom is 0.269 e. The molecule has 0 saturated carbocycles. The Morgan fingerprint density at radius 3 is 2.41 bits per heavy atom. The normalized spacial score (nSPS) is 26.7. The molecule has 0 spiro atoms. The van der Waals surface area contributed by atoms with Gasteiger partial charge >= 0.3 is 0 Å². The number of rotatable bonds is 4. The van der Waals surface area contributed by atoms with Crippen LogP contribution in [0.25, 0.3) is 11.3 Å². The molecule has 3 fully saturated rings. The Morgan fingerprint density at radius 1 is 1.15 bits per heavy atom. The Morgan fingerprint density at radius 2 is 1.81 bits per heavy atom. The number of aromatic nitrogens is 1. The molecular weight excluding hydrogens is 344 g/mol. The second kappa shape index (κ2) is 6.81. The van der Waals surface area contributed by atoms with E-state index in [1.54, 1.807) is 12.1 Å². The number of carbonyl (C=O) groups is 1. The molecule has 1 aromatic carbocycles. The molecule has 3 aliphatic rings. The van der Waals surface area contributed by atoms with Crippen molar-refractivity contribution >= 4 is 11.6 Å². The zero-order valence-electron chi connectivity index (χ0n) is 15.6. The molecule has 142 valence electrons. The van der Waals surface area contributed by atoms with Crippen molar-refractivity contribution in [3.8, 4) is 11.3 Å². The molecule has 4 heterocycles. The van der Waals surface area contributed by atoms with Crippen LogP contribution < -0.4 is 5.32 Å². The number of benzene rings is 1.